The first-order valence-corrected chi connectivity index (χ1v) is 5.76. The Morgan fingerprint density at radius 3 is 1.89 bits per heavy atom. The highest BCUT2D eigenvalue weighted by atomic mass is 16.1. The van der Waals surface area contributed by atoms with Crippen LogP contribution in [-0.4, -0.2) is 19.9 Å². The smallest absolute Gasteiger partial charge is 0.213 e. The number of para-hydroxylation sites is 2. The minimum absolute atomic E-state index is 0.662. The first kappa shape index (κ1) is 14.4. The Morgan fingerprint density at radius 1 is 0.895 bits per heavy atom. The number of carbonyl (C=O) groups is 2. The predicted octanol–water partition coefficient (Wildman–Crippen LogP) is 2.53. The Hall–Kier alpha value is -2.62. The Morgan fingerprint density at radius 2 is 1.42 bits per heavy atom. The lowest BCUT2D eigenvalue weighted by Crippen LogP contribution is -2.12. The number of amides is 2. The summed E-state index contributed by atoms with van der Waals surface area (Å²) in [5.41, 5.74) is 1.74. The number of rotatable bonds is 4. The van der Waals surface area contributed by atoms with Crippen molar-refractivity contribution >= 4 is 24.2 Å². The Labute approximate surface area is 112 Å². The molecule has 1 N–H and O–H groups in total. The molecule has 0 atom stereocenters. The fraction of sp³-hybridized carbons (Fsp3) is 0.0667. The molecule has 0 aliphatic carbocycles. The molecule has 0 spiro atoms. The van der Waals surface area contributed by atoms with E-state index in [1.165, 1.54) is 4.90 Å². The van der Waals surface area contributed by atoms with Crippen molar-refractivity contribution in [3.05, 3.63) is 60.7 Å². The second-order valence-electron chi connectivity index (χ2n) is 3.68. The molecule has 2 aromatic rings. The average molecular weight is 256 g/mol. The van der Waals surface area contributed by atoms with Gasteiger partial charge in [0.15, 0.2) is 0 Å². The number of carbonyl (C=O) groups excluding carboxylic acids is 2. The van der Waals surface area contributed by atoms with Crippen molar-refractivity contribution < 1.29 is 9.59 Å². The molecule has 2 aromatic carbocycles. The van der Waals surface area contributed by atoms with Gasteiger partial charge in [-0.25, -0.2) is 0 Å². The molecule has 0 bridgehead atoms. The van der Waals surface area contributed by atoms with Gasteiger partial charge in [-0.15, -0.1) is 0 Å². The Bertz CT molecular complexity index is 486. The van der Waals surface area contributed by atoms with Gasteiger partial charge in [0.2, 0.25) is 12.8 Å². The maximum atomic E-state index is 10.2. The molecular weight excluding hydrogens is 240 g/mol. The Balaban J connectivity index is 0.000000191. The first-order chi connectivity index (χ1) is 9.27. The molecule has 0 aliphatic rings. The van der Waals surface area contributed by atoms with E-state index in [4.69, 9.17) is 0 Å². The second-order valence-corrected chi connectivity index (χ2v) is 3.68. The summed E-state index contributed by atoms with van der Waals surface area (Å²) in [6.45, 7) is 0. The highest BCUT2D eigenvalue weighted by Crippen LogP contribution is 2.07. The van der Waals surface area contributed by atoms with E-state index in [9.17, 15) is 9.59 Å². The average Bonchev–Trinajstić information content (AvgIpc) is 2.49. The highest BCUT2D eigenvalue weighted by molar-refractivity contribution is 5.73. The van der Waals surface area contributed by atoms with Gasteiger partial charge in [-0.2, -0.15) is 0 Å². The van der Waals surface area contributed by atoms with Gasteiger partial charge in [-0.05, 0) is 24.3 Å². The van der Waals surface area contributed by atoms with Gasteiger partial charge in [0.05, 0.1) is 0 Å². The number of nitrogens with zero attached hydrogens (tertiary/aromatic N) is 1. The van der Waals surface area contributed by atoms with Gasteiger partial charge in [0.1, 0.15) is 0 Å². The lowest BCUT2D eigenvalue weighted by atomic mass is 10.3. The lowest BCUT2D eigenvalue weighted by molar-refractivity contribution is -0.107. The fourth-order valence-corrected chi connectivity index (χ4v) is 1.33. The van der Waals surface area contributed by atoms with E-state index in [-0.39, 0.29) is 0 Å². The minimum Gasteiger partial charge on any atom is -0.329 e. The number of benzene rings is 2. The maximum absolute atomic E-state index is 10.2. The summed E-state index contributed by atoms with van der Waals surface area (Å²) in [4.78, 5) is 21.6. The van der Waals surface area contributed by atoms with Crippen molar-refractivity contribution in [3.63, 3.8) is 0 Å². The largest absolute Gasteiger partial charge is 0.329 e. The molecule has 0 saturated heterocycles. The van der Waals surface area contributed by atoms with Crippen molar-refractivity contribution in [1.29, 1.82) is 0 Å². The molecule has 0 fully saturated rings. The van der Waals surface area contributed by atoms with Crippen LogP contribution in [0.25, 0.3) is 0 Å². The van der Waals surface area contributed by atoms with E-state index in [0.29, 0.717) is 6.41 Å². The van der Waals surface area contributed by atoms with E-state index in [0.717, 1.165) is 17.8 Å². The zero-order valence-corrected chi connectivity index (χ0v) is 10.7. The van der Waals surface area contributed by atoms with Crippen LogP contribution in [0.15, 0.2) is 60.7 Å². The summed E-state index contributed by atoms with van der Waals surface area (Å²) in [5.74, 6) is 0. The number of hydrogen-bond donors (Lipinski definition) is 1. The quantitative estimate of drug-likeness (QED) is 0.855. The van der Waals surface area contributed by atoms with Crippen molar-refractivity contribution in [1.82, 2.24) is 0 Å². The lowest BCUT2D eigenvalue weighted by Gasteiger charge is -2.08. The highest BCUT2D eigenvalue weighted by Gasteiger charge is 1.93. The molecule has 0 heterocycles. The van der Waals surface area contributed by atoms with Gasteiger partial charge in [0.25, 0.3) is 0 Å². The molecule has 2 rings (SSSR count). The standard InChI is InChI=1S/C8H9NO.C7H7NO/c1-9(7-10)8-5-3-2-4-6-8;9-6-8-7-4-2-1-3-5-7/h2-7H,1H3;1-6H,(H,8,9). The van der Waals surface area contributed by atoms with Gasteiger partial charge >= 0.3 is 0 Å². The van der Waals surface area contributed by atoms with E-state index in [2.05, 4.69) is 5.32 Å². The minimum atomic E-state index is 0.662. The third-order valence-corrected chi connectivity index (χ3v) is 2.32. The molecule has 2 amide bonds. The van der Waals surface area contributed by atoms with Crippen LogP contribution in [-0.2, 0) is 9.59 Å². The first-order valence-electron chi connectivity index (χ1n) is 5.76. The monoisotopic (exact) mass is 256 g/mol. The maximum Gasteiger partial charge on any atom is 0.213 e. The molecule has 0 saturated carbocycles. The molecule has 0 radical (unpaired) electrons. The molecule has 0 aromatic heterocycles. The zero-order chi connectivity index (χ0) is 13.9. The fourth-order valence-electron chi connectivity index (χ4n) is 1.33. The summed E-state index contributed by atoms with van der Waals surface area (Å²) in [5, 5.41) is 2.53. The SMILES string of the molecule is CN(C=O)c1ccccc1.O=CNc1ccccc1. The molecular formula is C15H16N2O2. The Kier molecular flexibility index (Phi) is 6.44. The van der Waals surface area contributed by atoms with Crippen LogP contribution in [0.2, 0.25) is 0 Å². The topological polar surface area (TPSA) is 49.4 Å². The van der Waals surface area contributed by atoms with Crippen LogP contribution >= 0.6 is 0 Å². The third-order valence-electron chi connectivity index (χ3n) is 2.32. The van der Waals surface area contributed by atoms with Crippen molar-refractivity contribution in [2.45, 2.75) is 0 Å². The van der Waals surface area contributed by atoms with Crippen molar-refractivity contribution in [2.24, 2.45) is 0 Å². The van der Waals surface area contributed by atoms with Gasteiger partial charge < -0.3 is 10.2 Å². The van der Waals surface area contributed by atoms with Crippen LogP contribution < -0.4 is 10.2 Å². The summed E-state index contributed by atoms with van der Waals surface area (Å²) in [7, 11) is 1.72. The van der Waals surface area contributed by atoms with Gasteiger partial charge in [-0.1, -0.05) is 36.4 Å². The van der Waals surface area contributed by atoms with Gasteiger partial charge in [-0.3, -0.25) is 9.59 Å². The number of hydrogen-bond acceptors (Lipinski definition) is 2. The second kappa shape index (κ2) is 8.47. The molecule has 19 heavy (non-hydrogen) atoms. The van der Waals surface area contributed by atoms with Crippen LogP contribution in [0.1, 0.15) is 0 Å². The summed E-state index contributed by atoms with van der Waals surface area (Å²) in [6, 6.07) is 18.8. The van der Waals surface area contributed by atoms with Crippen molar-refractivity contribution in [2.75, 3.05) is 17.3 Å². The van der Waals surface area contributed by atoms with E-state index in [1.807, 2.05) is 60.7 Å². The van der Waals surface area contributed by atoms with Crippen molar-refractivity contribution in [3.8, 4) is 0 Å². The van der Waals surface area contributed by atoms with E-state index in [1.54, 1.807) is 7.05 Å². The number of anilines is 2. The van der Waals surface area contributed by atoms with Crippen LogP contribution in [0, 0.1) is 0 Å². The summed E-state index contributed by atoms with van der Waals surface area (Å²) < 4.78 is 0. The molecule has 98 valence electrons. The third kappa shape index (κ3) is 5.50. The molecule has 0 unspecified atom stereocenters. The molecule has 4 heteroatoms. The molecule has 4 nitrogen and oxygen atoms in total. The predicted molar refractivity (Wildman–Crippen MR) is 77.0 cm³/mol. The van der Waals surface area contributed by atoms with Crippen LogP contribution in [0.3, 0.4) is 0 Å². The normalized spacial score (nSPS) is 8.68. The van der Waals surface area contributed by atoms with Crippen LogP contribution in [0.5, 0.6) is 0 Å². The zero-order valence-electron chi connectivity index (χ0n) is 10.7. The van der Waals surface area contributed by atoms with Crippen LogP contribution in [0.4, 0.5) is 11.4 Å². The number of nitrogens with one attached hydrogen (secondary N) is 1. The van der Waals surface area contributed by atoms with E-state index < -0.39 is 0 Å². The molecule has 0 aliphatic heterocycles. The summed E-state index contributed by atoms with van der Waals surface area (Å²) in [6.07, 6.45) is 1.45. The van der Waals surface area contributed by atoms with E-state index >= 15 is 0 Å². The summed E-state index contributed by atoms with van der Waals surface area (Å²) >= 11 is 0. The van der Waals surface area contributed by atoms with Gasteiger partial charge in [0, 0.05) is 18.4 Å².